The van der Waals surface area contributed by atoms with Gasteiger partial charge in [0.15, 0.2) is 0 Å². The molecule has 0 amide bonds. The van der Waals surface area contributed by atoms with E-state index in [1.165, 1.54) is 23.7 Å². The maximum Gasteiger partial charge on any atom is 0.270 e. The minimum absolute atomic E-state index is 0.142. The molecule has 2 aromatic rings. The van der Waals surface area contributed by atoms with Crippen molar-refractivity contribution < 1.29 is 4.92 Å². The topological polar surface area (TPSA) is 58.4 Å². The third-order valence-electron chi connectivity index (χ3n) is 4.86. The van der Waals surface area contributed by atoms with Crippen LogP contribution in [0.15, 0.2) is 42.5 Å². The second kappa shape index (κ2) is 5.66. The van der Waals surface area contributed by atoms with Gasteiger partial charge in [0.05, 0.1) is 4.92 Å². The first-order valence-corrected chi connectivity index (χ1v) is 8.07. The number of rotatable bonds is 2. The Morgan fingerprint density at radius 3 is 2.87 bits per heavy atom. The lowest BCUT2D eigenvalue weighted by Crippen LogP contribution is -2.32. The summed E-state index contributed by atoms with van der Waals surface area (Å²) in [4.78, 5) is 13.1. The molecule has 1 atom stereocenters. The molecule has 1 N–H and O–H groups in total. The van der Waals surface area contributed by atoms with Gasteiger partial charge in [0.2, 0.25) is 0 Å². The van der Waals surface area contributed by atoms with Crippen LogP contribution >= 0.6 is 0 Å². The van der Waals surface area contributed by atoms with Crippen LogP contribution in [0.3, 0.4) is 0 Å². The molecule has 0 spiro atoms. The van der Waals surface area contributed by atoms with Crippen LogP contribution < -0.4 is 10.2 Å². The van der Waals surface area contributed by atoms with Gasteiger partial charge in [0.1, 0.15) is 0 Å². The molecule has 4 rings (SSSR count). The lowest BCUT2D eigenvalue weighted by Gasteiger charge is -2.24. The van der Waals surface area contributed by atoms with E-state index in [-0.39, 0.29) is 10.6 Å². The molecule has 0 radical (unpaired) electrons. The van der Waals surface area contributed by atoms with E-state index in [0.717, 1.165) is 37.2 Å². The fourth-order valence-electron chi connectivity index (χ4n) is 3.72. The Morgan fingerprint density at radius 1 is 1.13 bits per heavy atom. The predicted molar refractivity (Wildman–Crippen MR) is 90.9 cm³/mol. The third kappa shape index (κ3) is 2.57. The molecular weight excluding hydrogens is 290 g/mol. The Morgan fingerprint density at radius 2 is 2.00 bits per heavy atom. The van der Waals surface area contributed by atoms with Gasteiger partial charge in [-0.3, -0.25) is 10.1 Å². The Bertz CT molecular complexity index is 760. The molecule has 0 aromatic heterocycles. The monoisotopic (exact) mass is 309 g/mol. The van der Waals surface area contributed by atoms with Gasteiger partial charge >= 0.3 is 0 Å². The fourth-order valence-corrected chi connectivity index (χ4v) is 3.72. The molecular formula is C18H19N3O2. The van der Waals surface area contributed by atoms with E-state index in [0.29, 0.717) is 6.04 Å². The summed E-state index contributed by atoms with van der Waals surface area (Å²) < 4.78 is 0. The van der Waals surface area contributed by atoms with Gasteiger partial charge in [-0.2, -0.15) is 0 Å². The number of benzene rings is 2. The molecule has 0 saturated carbocycles. The van der Waals surface area contributed by atoms with Crippen LogP contribution in [-0.4, -0.2) is 30.6 Å². The smallest absolute Gasteiger partial charge is 0.270 e. The highest BCUT2D eigenvalue weighted by atomic mass is 16.6. The molecule has 23 heavy (non-hydrogen) atoms. The average molecular weight is 309 g/mol. The summed E-state index contributed by atoms with van der Waals surface area (Å²) >= 11 is 0. The quantitative estimate of drug-likeness (QED) is 0.684. The molecule has 2 heterocycles. The van der Waals surface area contributed by atoms with Gasteiger partial charge < -0.3 is 10.2 Å². The number of nitro benzene ring substituents is 1. The summed E-state index contributed by atoms with van der Waals surface area (Å²) in [6.07, 6.45) is 2.24. The standard InChI is InChI=1S/C18H19N3O2/c22-21(23)17-3-1-2-13(11-17)14-4-5-18-15(10-14)12-16-6-7-19-8-9-20(16)18/h1-5,10-11,16,19H,6-9,12H2. The number of nitrogens with one attached hydrogen (secondary N) is 1. The molecule has 0 bridgehead atoms. The van der Waals surface area contributed by atoms with E-state index >= 15 is 0 Å². The summed E-state index contributed by atoms with van der Waals surface area (Å²) in [6.45, 7) is 3.16. The summed E-state index contributed by atoms with van der Waals surface area (Å²) in [5.74, 6) is 0. The van der Waals surface area contributed by atoms with Crippen LogP contribution in [0, 0.1) is 10.1 Å². The molecule has 1 fully saturated rings. The van der Waals surface area contributed by atoms with E-state index in [9.17, 15) is 10.1 Å². The van der Waals surface area contributed by atoms with Crippen molar-refractivity contribution in [3.8, 4) is 11.1 Å². The predicted octanol–water partition coefficient (Wildman–Crippen LogP) is 2.99. The van der Waals surface area contributed by atoms with Gasteiger partial charge in [0.25, 0.3) is 5.69 Å². The zero-order valence-corrected chi connectivity index (χ0v) is 12.9. The Balaban J connectivity index is 1.69. The van der Waals surface area contributed by atoms with Crippen LogP contribution in [0.4, 0.5) is 11.4 Å². The molecule has 118 valence electrons. The van der Waals surface area contributed by atoms with Crippen molar-refractivity contribution in [1.82, 2.24) is 5.32 Å². The van der Waals surface area contributed by atoms with Crippen LogP contribution in [-0.2, 0) is 6.42 Å². The molecule has 2 aromatic carbocycles. The molecule has 0 aliphatic carbocycles. The maximum atomic E-state index is 11.0. The summed E-state index contributed by atoms with van der Waals surface area (Å²) in [6, 6.07) is 13.9. The number of non-ortho nitro benzene ring substituents is 1. The lowest BCUT2D eigenvalue weighted by molar-refractivity contribution is -0.384. The van der Waals surface area contributed by atoms with Gasteiger partial charge in [0, 0.05) is 37.0 Å². The van der Waals surface area contributed by atoms with Crippen molar-refractivity contribution in [2.24, 2.45) is 0 Å². The molecule has 5 nitrogen and oxygen atoms in total. The summed E-state index contributed by atoms with van der Waals surface area (Å²) in [5, 5.41) is 14.4. The third-order valence-corrected chi connectivity index (χ3v) is 4.86. The normalized spacial score (nSPS) is 19.8. The van der Waals surface area contributed by atoms with E-state index in [2.05, 4.69) is 28.4 Å². The zero-order chi connectivity index (χ0) is 15.8. The molecule has 1 saturated heterocycles. The second-order valence-electron chi connectivity index (χ2n) is 6.24. The Hall–Kier alpha value is -2.40. The SMILES string of the molecule is O=[N+]([O-])c1cccc(-c2ccc3c(c2)CC2CCNCCN32)c1. The van der Waals surface area contributed by atoms with E-state index < -0.39 is 0 Å². The number of fused-ring (bicyclic) bond motifs is 3. The minimum Gasteiger partial charge on any atom is -0.367 e. The van der Waals surface area contributed by atoms with E-state index in [4.69, 9.17) is 0 Å². The number of hydrogen-bond donors (Lipinski definition) is 1. The summed E-state index contributed by atoms with van der Waals surface area (Å²) in [7, 11) is 0. The van der Waals surface area contributed by atoms with Gasteiger partial charge in [-0.15, -0.1) is 0 Å². The minimum atomic E-state index is -0.340. The number of nitrogens with zero attached hydrogens (tertiary/aromatic N) is 2. The molecule has 2 aliphatic rings. The van der Waals surface area contributed by atoms with Gasteiger partial charge in [-0.1, -0.05) is 18.2 Å². The lowest BCUT2D eigenvalue weighted by atomic mass is 10.00. The number of anilines is 1. The Kier molecular flexibility index (Phi) is 3.50. The maximum absolute atomic E-state index is 11.0. The van der Waals surface area contributed by atoms with Crippen molar-refractivity contribution in [1.29, 1.82) is 0 Å². The first-order chi connectivity index (χ1) is 11.2. The highest BCUT2D eigenvalue weighted by Gasteiger charge is 2.30. The van der Waals surface area contributed by atoms with Gasteiger partial charge in [-0.05, 0) is 48.2 Å². The first-order valence-electron chi connectivity index (χ1n) is 8.07. The van der Waals surface area contributed by atoms with E-state index in [1.54, 1.807) is 12.1 Å². The average Bonchev–Trinajstić information content (AvgIpc) is 2.75. The highest BCUT2D eigenvalue weighted by Crippen LogP contribution is 2.37. The van der Waals surface area contributed by atoms with E-state index in [1.807, 2.05) is 6.07 Å². The first kappa shape index (κ1) is 14.2. The van der Waals surface area contributed by atoms with Crippen LogP contribution in [0.25, 0.3) is 11.1 Å². The second-order valence-corrected chi connectivity index (χ2v) is 6.24. The van der Waals surface area contributed by atoms with Gasteiger partial charge in [-0.25, -0.2) is 0 Å². The largest absolute Gasteiger partial charge is 0.367 e. The van der Waals surface area contributed by atoms with Crippen molar-refractivity contribution in [3.63, 3.8) is 0 Å². The number of hydrogen-bond acceptors (Lipinski definition) is 4. The van der Waals surface area contributed by atoms with Crippen molar-refractivity contribution >= 4 is 11.4 Å². The van der Waals surface area contributed by atoms with Crippen LogP contribution in [0.1, 0.15) is 12.0 Å². The fraction of sp³-hybridized carbons (Fsp3) is 0.333. The van der Waals surface area contributed by atoms with Crippen LogP contribution in [0.5, 0.6) is 0 Å². The molecule has 2 aliphatic heterocycles. The van der Waals surface area contributed by atoms with Crippen molar-refractivity contribution in [3.05, 3.63) is 58.1 Å². The number of nitro groups is 1. The highest BCUT2D eigenvalue weighted by molar-refractivity contribution is 5.72. The van der Waals surface area contributed by atoms with Crippen molar-refractivity contribution in [2.75, 3.05) is 24.5 Å². The molecule has 1 unspecified atom stereocenters. The zero-order valence-electron chi connectivity index (χ0n) is 12.9. The Labute approximate surface area is 135 Å². The van der Waals surface area contributed by atoms with Crippen molar-refractivity contribution in [2.45, 2.75) is 18.9 Å². The van der Waals surface area contributed by atoms with Crippen LogP contribution in [0.2, 0.25) is 0 Å². The summed E-state index contributed by atoms with van der Waals surface area (Å²) in [5.41, 5.74) is 4.80. The molecule has 5 heteroatoms.